The predicted molar refractivity (Wildman–Crippen MR) is 84.4 cm³/mol. The van der Waals surface area contributed by atoms with E-state index in [4.69, 9.17) is 23.2 Å². The lowest BCUT2D eigenvalue weighted by atomic mass is 10.1. The Kier molecular flexibility index (Phi) is 4.56. The van der Waals surface area contributed by atoms with Crippen LogP contribution in [0.5, 0.6) is 0 Å². The molecule has 1 nitrogen and oxygen atoms in total. The van der Waals surface area contributed by atoms with E-state index in [9.17, 15) is 4.39 Å². The number of benzene rings is 2. The van der Waals surface area contributed by atoms with Crippen LogP contribution >= 0.6 is 23.2 Å². The summed E-state index contributed by atoms with van der Waals surface area (Å²) in [5.41, 5.74) is 3.84. The normalized spacial score (nSPS) is 12.3. The molecule has 4 heteroatoms. The van der Waals surface area contributed by atoms with Gasteiger partial charge < -0.3 is 5.32 Å². The van der Waals surface area contributed by atoms with Gasteiger partial charge in [-0.15, -0.1) is 0 Å². The van der Waals surface area contributed by atoms with E-state index in [2.05, 4.69) is 5.32 Å². The summed E-state index contributed by atoms with van der Waals surface area (Å²) in [5, 5.41) is 3.87. The molecule has 0 amide bonds. The molecule has 0 radical (unpaired) electrons. The molecule has 0 saturated carbocycles. The fourth-order valence-corrected chi connectivity index (χ4v) is 2.83. The summed E-state index contributed by atoms with van der Waals surface area (Å²) in [4.78, 5) is 0. The predicted octanol–water partition coefficient (Wildman–Crippen LogP) is 5.92. The third kappa shape index (κ3) is 3.08. The van der Waals surface area contributed by atoms with Crippen LogP contribution < -0.4 is 5.32 Å². The second kappa shape index (κ2) is 6.02. The minimum Gasteiger partial charge on any atom is -0.378 e. The number of rotatable bonds is 3. The van der Waals surface area contributed by atoms with Gasteiger partial charge in [0, 0.05) is 16.3 Å². The van der Waals surface area contributed by atoms with Gasteiger partial charge in [0.1, 0.15) is 5.82 Å². The van der Waals surface area contributed by atoms with Gasteiger partial charge in [-0.1, -0.05) is 35.3 Å². The molecule has 0 saturated heterocycles. The Hall–Kier alpha value is -1.25. The molecule has 2 aromatic carbocycles. The van der Waals surface area contributed by atoms with Crippen LogP contribution in [0, 0.1) is 19.7 Å². The molecule has 2 aromatic rings. The number of anilines is 1. The highest BCUT2D eigenvalue weighted by atomic mass is 35.5. The Morgan fingerprint density at radius 3 is 2.50 bits per heavy atom. The van der Waals surface area contributed by atoms with E-state index in [0.717, 1.165) is 16.8 Å². The van der Waals surface area contributed by atoms with Crippen LogP contribution in [-0.4, -0.2) is 0 Å². The van der Waals surface area contributed by atoms with Gasteiger partial charge in [0.2, 0.25) is 0 Å². The van der Waals surface area contributed by atoms with Gasteiger partial charge in [-0.05, 0) is 50.1 Å². The fraction of sp³-hybridized carbons (Fsp3) is 0.250. The number of hydrogen-bond donors (Lipinski definition) is 1. The molecule has 0 aliphatic heterocycles. The van der Waals surface area contributed by atoms with E-state index in [1.165, 1.54) is 12.1 Å². The summed E-state index contributed by atoms with van der Waals surface area (Å²) in [6.45, 7) is 5.95. The topological polar surface area (TPSA) is 12.0 Å². The van der Waals surface area contributed by atoms with Crippen molar-refractivity contribution in [1.29, 1.82) is 0 Å². The zero-order chi connectivity index (χ0) is 14.9. The Morgan fingerprint density at radius 2 is 1.80 bits per heavy atom. The van der Waals surface area contributed by atoms with E-state index in [-0.39, 0.29) is 11.1 Å². The van der Waals surface area contributed by atoms with Crippen LogP contribution in [0.1, 0.15) is 29.7 Å². The first-order chi connectivity index (χ1) is 9.40. The Balaban J connectivity index is 2.35. The van der Waals surface area contributed by atoms with Crippen LogP contribution in [0.25, 0.3) is 0 Å². The van der Waals surface area contributed by atoms with Crippen LogP contribution in [0.15, 0.2) is 30.3 Å². The maximum Gasteiger partial charge on any atom is 0.142 e. The molecule has 1 N–H and O–H groups in total. The fourth-order valence-electron chi connectivity index (χ4n) is 2.14. The van der Waals surface area contributed by atoms with Crippen molar-refractivity contribution in [2.24, 2.45) is 0 Å². The molecule has 0 bridgehead atoms. The molecule has 0 aliphatic carbocycles. The first-order valence-corrected chi connectivity index (χ1v) is 7.13. The number of aryl methyl sites for hydroxylation is 2. The van der Waals surface area contributed by atoms with E-state index < -0.39 is 5.82 Å². The van der Waals surface area contributed by atoms with Crippen molar-refractivity contribution in [1.82, 2.24) is 0 Å². The summed E-state index contributed by atoms with van der Waals surface area (Å²) >= 11 is 12.2. The van der Waals surface area contributed by atoms with Gasteiger partial charge in [0.05, 0.1) is 11.1 Å². The first kappa shape index (κ1) is 15.1. The largest absolute Gasteiger partial charge is 0.378 e. The summed E-state index contributed by atoms with van der Waals surface area (Å²) < 4.78 is 13.6. The van der Waals surface area contributed by atoms with Gasteiger partial charge in [0.25, 0.3) is 0 Å². The van der Waals surface area contributed by atoms with Crippen molar-refractivity contribution in [3.8, 4) is 0 Å². The number of halogens is 3. The summed E-state index contributed by atoms with van der Waals surface area (Å²) in [6.07, 6.45) is 0. The zero-order valence-electron chi connectivity index (χ0n) is 11.6. The molecule has 20 heavy (non-hydrogen) atoms. The molecule has 0 aromatic heterocycles. The van der Waals surface area contributed by atoms with Gasteiger partial charge >= 0.3 is 0 Å². The molecule has 106 valence electrons. The maximum atomic E-state index is 13.6. The maximum absolute atomic E-state index is 13.6. The quantitative estimate of drug-likeness (QED) is 0.693. The standard InChI is InChI=1S/C16H16Cl2FN/c1-9-4-5-10(2)14(8-9)20-11(3)15-12(17)6-7-13(19)16(15)18/h4-8,11,20H,1-3H3. The Labute approximate surface area is 128 Å². The Bertz CT molecular complexity index is 641. The molecule has 1 unspecified atom stereocenters. The minimum atomic E-state index is -0.458. The van der Waals surface area contributed by atoms with Crippen LogP contribution in [-0.2, 0) is 0 Å². The summed E-state index contributed by atoms with van der Waals surface area (Å²) in [5.74, 6) is -0.458. The highest BCUT2D eigenvalue weighted by molar-refractivity contribution is 6.36. The van der Waals surface area contributed by atoms with Crippen molar-refractivity contribution in [2.75, 3.05) is 5.32 Å². The van der Waals surface area contributed by atoms with Crippen molar-refractivity contribution >= 4 is 28.9 Å². The molecule has 0 fully saturated rings. The van der Waals surface area contributed by atoms with Crippen LogP contribution in [0.2, 0.25) is 10.0 Å². The minimum absolute atomic E-state index is 0.0720. The lowest BCUT2D eigenvalue weighted by Crippen LogP contribution is -2.09. The van der Waals surface area contributed by atoms with Crippen LogP contribution in [0.4, 0.5) is 10.1 Å². The number of hydrogen-bond acceptors (Lipinski definition) is 1. The van der Waals surface area contributed by atoms with E-state index in [1.807, 2.05) is 39.0 Å². The van der Waals surface area contributed by atoms with Crippen molar-refractivity contribution in [2.45, 2.75) is 26.8 Å². The second-order valence-corrected chi connectivity index (χ2v) is 5.73. The lowest BCUT2D eigenvalue weighted by molar-refractivity contribution is 0.624. The molecule has 0 spiro atoms. The average Bonchev–Trinajstić information content (AvgIpc) is 2.39. The third-order valence-electron chi connectivity index (χ3n) is 3.28. The molecule has 0 aliphatic rings. The Morgan fingerprint density at radius 1 is 1.10 bits per heavy atom. The van der Waals surface area contributed by atoms with E-state index in [1.54, 1.807) is 0 Å². The van der Waals surface area contributed by atoms with Crippen molar-refractivity contribution < 1.29 is 4.39 Å². The smallest absolute Gasteiger partial charge is 0.142 e. The van der Waals surface area contributed by atoms with Gasteiger partial charge in [0.15, 0.2) is 0 Å². The van der Waals surface area contributed by atoms with E-state index >= 15 is 0 Å². The summed E-state index contributed by atoms with van der Waals surface area (Å²) in [6, 6.07) is 8.75. The molecular weight excluding hydrogens is 296 g/mol. The van der Waals surface area contributed by atoms with Gasteiger partial charge in [-0.2, -0.15) is 0 Å². The molecule has 0 heterocycles. The van der Waals surface area contributed by atoms with Crippen LogP contribution in [0.3, 0.4) is 0 Å². The lowest BCUT2D eigenvalue weighted by Gasteiger charge is -2.20. The van der Waals surface area contributed by atoms with Gasteiger partial charge in [-0.25, -0.2) is 4.39 Å². The highest BCUT2D eigenvalue weighted by Gasteiger charge is 2.17. The second-order valence-electron chi connectivity index (χ2n) is 4.94. The van der Waals surface area contributed by atoms with E-state index in [0.29, 0.717) is 10.6 Å². The molecule has 2 rings (SSSR count). The van der Waals surface area contributed by atoms with Crippen molar-refractivity contribution in [3.05, 3.63) is 62.9 Å². The zero-order valence-corrected chi connectivity index (χ0v) is 13.1. The first-order valence-electron chi connectivity index (χ1n) is 6.37. The number of nitrogens with one attached hydrogen (secondary N) is 1. The SMILES string of the molecule is Cc1ccc(C)c(NC(C)c2c(Cl)ccc(F)c2Cl)c1. The molecule has 1 atom stereocenters. The average molecular weight is 312 g/mol. The summed E-state index contributed by atoms with van der Waals surface area (Å²) in [7, 11) is 0. The highest BCUT2D eigenvalue weighted by Crippen LogP contribution is 2.34. The monoisotopic (exact) mass is 311 g/mol. The van der Waals surface area contributed by atoms with Crippen molar-refractivity contribution in [3.63, 3.8) is 0 Å². The third-order valence-corrected chi connectivity index (χ3v) is 3.99. The molecular formula is C16H16Cl2FN. The van der Waals surface area contributed by atoms with Gasteiger partial charge in [-0.3, -0.25) is 0 Å².